The van der Waals surface area contributed by atoms with Gasteiger partial charge in [-0.25, -0.2) is 8.78 Å². The summed E-state index contributed by atoms with van der Waals surface area (Å²) in [6.45, 7) is 8.60. The molecule has 1 nitrogen and oxygen atoms in total. The van der Waals surface area contributed by atoms with Crippen molar-refractivity contribution in [2.24, 2.45) is 11.7 Å². The minimum absolute atomic E-state index is 0.141. The van der Waals surface area contributed by atoms with Crippen molar-refractivity contribution in [3.63, 3.8) is 0 Å². The van der Waals surface area contributed by atoms with Crippen LogP contribution in [0.15, 0.2) is 54.3 Å². The number of rotatable bonds is 6. The quantitative estimate of drug-likeness (QED) is 0.655. The molecule has 0 saturated heterocycles. The average molecular weight is 326 g/mol. The molecule has 0 radical (unpaired) electrons. The Bertz CT molecular complexity index is 597. The predicted molar refractivity (Wildman–Crippen MR) is 90.9 cm³/mol. The number of alkyl halides is 2. The number of hydrogen-bond acceptors (Lipinski definition) is 1. The van der Waals surface area contributed by atoms with E-state index in [0.29, 0.717) is 16.3 Å². The molecule has 0 amide bonds. The van der Waals surface area contributed by atoms with E-state index in [0.717, 1.165) is 13.3 Å². The highest BCUT2D eigenvalue weighted by atomic mass is 35.5. The smallest absolute Gasteiger partial charge is 0.271 e. The molecule has 0 spiro atoms. The first-order chi connectivity index (χ1) is 10.2. The summed E-state index contributed by atoms with van der Waals surface area (Å²) < 4.78 is 27.8. The van der Waals surface area contributed by atoms with Gasteiger partial charge in [0.15, 0.2) is 0 Å². The molecule has 1 unspecified atom stereocenters. The Hall–Kier alpha value is -1.61. The first-order valence-electron chi connectivity index (χ1n) is 7.17. The summed E-state index contributed by atoms with van der Waals surface area (Å²) in [7, 11) is 0. The lowest BCUT2D eigenvalue weighted by molar-refractivity contribution is 0.0689. The van der Waals surface area contributed by atoms with Gasteiger partial charge < -0.3 is 5.73 Å². The highest BCUT2D eigenvalue weighted by molar-refractivity contribution is 6.30. The van der Waals surface area contributed by atoms with Crippen LogP contribution in [0, 0.1) is 5.92 Å². The van der Waals surface area contributed by atoms with Gasteiger partial charge in [-0.15, -0.1) is 0 Å². The van der Waals surface area contributed by atoms with E-state index < -0.39 is 5.92 Å². The SMILES string of the molecule is C=C(/C(=C\C=C(\N)C(C)CC)C(C)(F)F)c1cccc(Cl)c1. The average Bonchev–Trinajstić information content (AvgIpc) is 2.44. The van der Waals surface area contributed by atoms with Crippen molar-refractivity contribution in [2.45, 2.75) is 33.1 Å². The van der Waals surface area contributed by atoms with E-state index in [1.165, 1.54) is 12.2 Å². The Labute approximate surface area is 136 Å². The topological polar surface area (TPSA) is 26.0 Å². The lowest BCUT2D eigenvalue weighted by Crippen LogP contribution is -2.15. The summed E-state index contributed by atoms with van der Waals surface area (Å²) in [6.07, 6.45) is 3.74. The molecule has 1 aromatic carbocycles. The Kier molecular flexibility index (Phi) is 6.36. The Balaban J connectivity index is 3.22. The van der Waals surface area contributed by atoms with Crippen LogP contribution >= 0.6 is 11.6 Å². The molecule has 1 aromatic rings. The van der Waals surface area contributed by atoms with Crippen LogP contribution in [0.3, 0.4) is 0 Å². The second kappa shape index (κ2) is 7.59. The van der Waals surface area contributed by atoms with E-state index in [4.69, 9.17) is 17.3 Å². The molecule has 22 heavy (non-hydrogen) atoms. The van der Waals surface area contributed by atoms with Crippen LogP contribution in [-0.2, 0) is 0 Å². The minimum atomic E-state index is -3.02. The zero-order valence-electron chi connectivity index (χ0n) is 13.2. The van der Waals surface area contributed by atoms with Gasteiger partial charge in [0.2, 0.25) is 0 Å². The molecule has 120 valence electrons. The highest BCUT2D eigenvalue weighted by Crippen LogP contribution is 2.35. The molecule has 0 aliphatic heterocycles. The van der Waals surface area contributed by atoms with Crippen molar-refractivity contribution in [3.05, 3.63) is 64.9 Å². The van der Waals surface area contributed by atoms with Crippen LogP contribution in [0.5, 0.6) is 0 Å². The zero-order valence-corrected chi connectivity index (χ0v) is 13.9. The van der Waals surface area contributed by atoms with Crippen LogP contribution < -0.4 is 5.73 Å². The van der Waals surface area contributed by atoms with Crippen LogP contribution in [0.25, 0.3) is 5.57 Å². The molecule has 0 aliphatic carbocycles. The molecular formula is C18H22ClF2N. The maximum Gasteiger partial charge on any atom is 0.271 e. The highest BCUT2D eigenvalue weighted by Gasteiger charge is 2.29. The minimum Gasteiger partial charge on any atom is -0.402 e. The summed E-state index contributed by atoms with van der Waals surface area (Å²) in [4.78, 5) is 0. The molecule has 0 heterocycles. The van der Waals surface area contributed by atoms with Crippen molar-refractivity contribution in [1.29, 1.82) is 0 Å². The monoisotopic (exact) mass is 325 g/mol. The summed E-state index contributed by atoms with van der Waals surface area (Å²) >= 11 is 5.92. The van der Waals surface area contributed by atoms with Crippen LogP contribution in [0.2, 0.25) is 5.02 Å². The Morgan fingerprint density at radius 2 is 2.05 bits per heavy atom. The van der Waals surface area contributed by atoms with E-state index in [-0.39, 0.29) is 17.1 Å². The maximum absolute atomic E-state index is 13.9. The third-order valence-corrected chi connectivity index (χ3v) is 3.83. The van der Waals surface area contributed by atoms with E-state index in [2.05, 4.69) is 6.58 Å². The molecule has 0 fully saturated rings. The van der Waals surface area contributed by atoms with E-state index in [1.807, 2.05) is 13.8 Å². The summed E-state index contributed by atoms with van der Waals surface area (Å²) in [5.74, 6) is -2.88. The number of halogens is 3. The van der Waals surface area contributed by atoms with Gasteiger partial charge >= 0.3 is 0 Å². The summed E-state index contributed by atoms with van der Waals surface area (Å²) in [5.41, 5.74) is 7.11. The van der Waals surface area contributed by atoms with Gasteiger partial charge in [0.05, 0.1) is 0 Å². The van der Waals surface area contributed by atoms with Gasteiger partial charge in [0.25, 0.3) is 5.92 Å². The molecular weight excluding hydrogens is 304 g/mol. The second-order valence-electron chi connectivity index (χ2n) is 5.43. The van der Waals surface area contributed by atoms with Gasteiger partial charge in [-0.3, -0.25) is 0 Å². The number of nitrogens with two attached hydrogens (primary N) is 1. The molecule has 0 saturated carbocycles. The van der Waals surface area contributed by atoms with Crippen LogP contribution in [0.4, 0.5) is 8.78 Å². The first-order valence-corrected chi connectivity index (χ1v) is 7.55. The zero-order chi connectivity index (χ0) is 16.9. The van der Waals surface area contributed by atoms with Crippen molar-refractivity contribution in [2.75, 3.05) is 0 Å². The van der Waals surface area contributed by atoms with Gasteiger partial charge in [0.1, 0.15) is 0 Å². The number of allylic oxidation sites excluding steroid dienone is 5. The third kappa shape index (κ3) is 4.99. The maximum atomic E-state index is 13.9. The molecule has 0 aliphatic rings. The fourth-order valence-corrected chi connectivity index (χ4v) is 2.11. The fraction of sp³-hybridized carbons (Fsp3) is 0.333. The fourth-order valence-electron chi connectivity index (χ4n) is 1.92. The third-order valence-electron chi connectivity index (χ3n) is 3.59. The van der Waals surface area contributed by atoms with Crippen LogP contribution in [0.1, 0.15) is 32.8 Å². The standard InChI is InChI=1S/C18H22ClF2N/c1-5-12(2)17(22)10-9-16(18(4,20)21)13(3)14-7-6-8-15(19)11-14/h6-12H,3,5,22H2,1-2,4H3/b16-9+,17-10+. The lowest BCUT2D eigenvalue weighted by atomic mass is 9.94. The summed E-state index contributed by atoms with van der Waals surface area (Å²) in [6, 6.07) is 6.71. The number of benzene rings is 1. The molecule has 0 aromatic heterocycles. The van der Waals surface area contributed by atoms with Crippen molar-refractivity contribution < 1.29 is 8.78 Å². The van der Waals surface area contributed by atoms with Gasteiger partial charge in [0, 0.05) is 23.2 Å². The van der Waals surface area contributed by atoms with Gasteiger partial charge in [-0.1, -0.05) is 50.2 Å². The van der Waals surface area contributed by atoms with Gasteiger partial charge in [-0.2, -0.15) is 0 Å². The summed E-state index contributed by atoms with van der Waals surface area (Å²) in [5, 5.41) is 0.479. The van der Waals surface area contributed by atoms with Crippen molar-refractivity contribution in [3.8, 4) is 0 Å². The Morgan fingerprint density at radius 3 is 2.55 bits per heavy atom. The van der Waals surface area contributed by atoms with E-state index in [1.54, 1.807) is 24.3 Å². The largest absolute Gasteiger partial charge is 0.402 e. The van der Waals surface area contributed by atoms with Crippen LogP contribution in [-0.4, -0.2) is 5.92 Å². The first kappa shape index (κ1) is 18.4. The van der Waals surface area contributed by atoms with Crippen molar-refractivity contribution >= 4 is 17.2 Å². The van der Waals surface area contributed by atoms with Gasteiger partial charge in [-0.05, 0) is 41.7 Å². The number of hydrogen-bond donors (Lipinski definition) is 1. The second-order valence-corrected chi connectivity index (χ2v) is 5.87. The Morgan fingerprint density at radius 1 is 1.41 bits per heavy atom. The predicted octanol–water partition coefficient (Wildman–Crippen LogP) is 5.82. The molecule has 0 bridgehead atoms. The molecule has 1 rings (SSSR count). The van der Waals surface area contributed by atoms with E-state index in [9.17, 15) is 8.78 Å². The van der Waals surface area contributed by atoms with Crippen molar-refractivity contribution in [1.82, 2.24) is 0 Å². The molecule has 2 N–H and O–H groups in total. The molecule has 1 atom stereocenters. The van der Waals surface area contributed by atoms with E-state index >= 15 is 0 Å². The normalized spacial score (nSPS) is 14.8. The lowest BCUT2D eigenvalue weighted by Gasteiger charge is -2.18. The molecule has 4 heteroatoms.